The second kappa shape index (κ2) is 13.0. The first-order chi connectivity index (χ1) is 21.0. The van der Waals surface area contributed by atoms with Crippen molar-refractivity contribution < 1.29 is 27.4 Å². The number of carbonyl (C=O) groups is 1. The summed E-state index contributed by atoms with van der Waals surface area (Å²) in [7, 11) is 1.59. The van der Waals surface area contributed by atoms with Gasteiger partial charge in [0.15, 0.2) is 0 Å². The highest BCUT2D eigenvalue weighted by Gasteiger charge is 2.32. The third kappa shape index (κ3) is 6.98. The van der Waals surface area contributed by atoms with Crippen molar-refractivity contribution >= 4 is 22.8 Å². The molecule has 1 atom stereocenters. The number of benzene rings is 1. The lowest BCUT2D eigenvalue weighted by atomic mass is 10.1. The molecule has 4 heterocycles. The van der Waals surface area contributed by atoms with Gasteiger partial charge in [-0.25, -0.2) is 14.6 Å². The normalized spacial score (nSPS) is 15.0. The number of hydrogen-bond donors (Lipinski definition) is 1. The van der Waals surface area contributed by atoms with E-state index in [1.54, 1.807) is 29.8 Å². The Labute approximate surface area is 250 Å². The van der Waals surface area contributed by atoms with Crippen LogP contribution in [-0.2, 0) is 22.3 Å². The van der Waals surface area contributed by atoms with E-state index < -0.39 is 11.7 Å². The number of rotatable bonds is 10. The zero-order chi connectivity index (χ0) is 31.4. The van der Waals surface area contributed by atoms with Crippen LogP contribution in [0.15, 0.2) is 47.7 Å². The molecule has 1 amide bonds. The minimum absolute atomic E-state index is 0.0990. The van der Waals surface area contributed by atoms with E-state index in [-0.39, 0.29) is 42.7 Å². The van der Waals surface area contributed by atoms with E-state index in [9.17, 15) is 22.8 Å². The first kappa shape index (κ1) is 30.9. The Kier molecular flexibility index (Phi) is 9.13. The minimum atomic E-state index is -4.49. The van der Waals surface area contributed by atoms with E-state index in [0.29, 0.717) is 49.1 Å². The molecule has 0 saturated carbocycles. The molecule has 3 aromatic heterocycles. The van der Waals surface area contributed by atoms with Crippen molar-refractivity contribution in [1.29, 1.82) is 0 Å². The van der Waals surface area contributed by atoms with Crippen LogP contribution in [0.1, 0.15) is 42.6 Å². The van der Waals surface area contributed by atoms with E-state index in [1.165, 1.54) is 4.68 Å². The van der Waals surface area contributed by atoms with Gasteiger partial charge in [-0.2, -0.15) is 23.4 Å². The van der Waals surface area contributed by atoms with Gasteiger partial charge in [-0.15, -0.1) is 0 Å². The molecular formula is C29H33F3N8O4. The van der Waals surface area contributed by atoms with Crippen LogP contribution < -0.4 is 20.5 Å². The van der Waals surface area contributed by atoms with E-state index in [2.05, 4.69) is 25.5 Å². The lowest BCUT2D eigenvalue weighted by Crippen LogP contribution is -2.46. The van der Waals surface area contributed by atoms with Crippen molar-refractivity contribution in [3.05, 3.63) is 70.0 Å². The fraction of sp³-hybridized carbons (Fsp3) is 0.448. The fourth-order valence-electron chi connectivity index (χ4n) is 5.13. The predicted molar refractivity (Wildman–Crippen MR) is 155 cm³/mol. The number of aromatic nitrogens is 6. The molecule has 1 fully saturated rings. The molecular weight excluding hydrogens is 581 g/mol. The third-order valence-electron chi connectivity index (χ3n) is 7.50. The highest BCUT2D eigenvalue weighted by molar-refractivity contribution is 5.80. The summed E-state index contributed by atoms with van der Waals surface area (Å²) in [5.41, 5.74) is 0.930. The number of nitrogens with one attached hydrogen (secondary N) is 1. The van der Waals surface area contributed by atoms with Crippen LogP contribution in [-0.4, -0.2) is 74.9 Å². The Bertz CT molecular complexity index is 1650. The van der Waals surface area contributed by atoms with E-state index in [1.807, 2.05) is 31.2 Å². The van der Waals surface area contributed by atoms with Gasteiger partial charge in [0, 0.05) is 31.5 Å². The second-order valence-corrected chi connectivity index (χ2v) is 10.7. The summed E-state index contributed by atoms with van der Waals surface area (Å²) in [4.78, 5) is 35.3. The van der Waals surface area contributed by atoms with Gasteiger partial charge >= 0.3 is 6.18 Å². The molecule has 1 N–H and O–H groups in total. The maximum Gasteiger partial charge on any atom is 0.419 e. The molecule has 12 nitrogen and oxygen atoms in total. The van der Waals surface area contributed by atoms with Gasteiger partial charge in [0.2, 0.25) is 11.9 Å². The summed E-state index contributed by atoms with van der Waals surface area (Å²) in [6, 6.07) is 7.04. The highest BCUT2D eigenvalue weighted by Crippen LogP contribution is 2.28. The number of hydrogen-bond acceptors (Lipinski definition) is 9. The number of fused-ring (bicyclic) bond motifs is 1. The van der Waals surface area contributed by atoms with Gasteiger partial charge in [-0.3, -0.25) is 14.3 Å². The van der Waals surface area contributed by atoms with Crippen LogP contribution in [0.4, 0.5) is 19.1 Å². The van der Waals surface area contributed by atoms with Gasteiger partial charge < -0.3 is 19.7 Å². The van der Waals surface area contributed by atoms with E-state index in [4.69, 9.17) is 9.47 Å². The third-order valence-corrected chi connectivity index (χ3v) is 7.50. The van der Waals surface area contributed by atoms with Crippen LogP contribution in [0.25, 0.3) is 10.9 Å². The molecule has 0 spiro atoms. The number of anilines is 1. The van der Waals surface area contributed by atoms with Crippen molar-refractivity contribution in [2.24, 2.45) is 0 Å². The molecule has 44 heavy (non-hydrogen) atoms. The van der Waals surface area contributed by atoms with Crippen LogP contribution in [0.3, 0.4) is 0 Å². The maximum absolute atomic E-state index is 13.2. The number of methoxy groups -OCH3 is 1. The van der Waals surface area contributed by atoms with E-state index >= 15 is 0 Å². The van der Waals surface area contributed by atoms with Crippen molar-refractivity contribution in [3.63, 3.8) is 0 Å². The Hall–Kier alpha value is -4.53. The molecule has 0 bridgehead atoms. The first-order valence-corrected chi connectivity index (χ1v) is 14.1. The van der Waals surface area contributed by atoms with E-state index in [0.717, 1.165) is 23.7 Å². The Morgan fingerprint density at radius 1 is 1.11 bits per heavy atom. The molecule has 5 rings (SSSR count). The quantitative estimate of drug-likeness (QED) is 0.287. The molecule has 1 unspecified atom stereocenters. The Balaban J connectivity index is 1.10. The molecule has 1 aliphatic heterocycles. The predicted octanol–water partition coefficient (Wildman–Crippen LogP) is 3.13. The molecule has 1 aliphatic rings. The summed E-state index contributed by atoms with van der Waals surface area (Å²) in [6.45, 7) is 4.98. The standard InChI is InChI=1S/C29H33F3N8O4/c1-18(40-24-14-35-39(27(42)26(24)19(2)37-40)15-20-4-6-23(43-3)7-5-20)16-44-17-25(41)36-22-8-10-38(11-9-22)28-33-12-21(13-34-28)29(30,31)32/h4-7,12-14,18,22H,8-11,15-17H2,1-3H3,(H,36,41). The summed E-state index contributed by atoms with van der Waals surface area (Å²) in [5.74, 6) is 0.685. The largest absolute Gasteiger partial charge is 0.497 e. The van der Waals surface area contributed by atoms with Crippen LogP contribution in [0.2, 0.25) is 0 Å². The second-order valence-electron chi connectivity index (χ2n) is 10.7. The summed E-state index contributed by atoms with van der Waals surface area (Å²) in [6.07, 6.45) is -0.134. The van der Waals surface area contributed by atoms with Gasteiger partial charge in [-0.05, 0) is 44.4 Å². The molecule has 0 radical (unpaired) electrons. The summed E-state index contributed by atoms with van der Waals surface area (Å²) < 4.78 is 52.2. The molecule has 15 heteroatoms. The number of alkyl halides is 3. The Morgan fingerprint density at radius 2 is 1.80 bits per heavy atom. The number of amides is 1. The minimum Gasteiger partial charge on any atom is -0.497 e. The van der Waals surface area contributed by atoms with Crippen LogP contribution in [0, 0.1) is 6.92 Å². The van der Waals surface area contributed by atoms with Crippen molar-refractivity contribution in [2.45, 2.75) is 51.5 Å². The van der Waals surface area contributed by atoms with Gasteiger partial charge in [0.25, 0.3) is 5.56 Å². The zero-order valence-corrected chi connectivity index (χ0v) is 24.5. The SMILES string of the molecule is COc1ccc(Cn2ncc3c(c(C)nn3C(C)COCC(=O)NC3CCN(c4ncc(C(F)(F)F)cn4)CC3)c2=O)cc1. The molecule has 234 valence electrons. The molecule has 4 aromatic rings. The zero-order valence-electron chi connectivity index (χ0n) is 24.5. The number of halogens is 3. The van der Waals surface area contributed by atoms with Crippen LogP contribution in [0.5, 0.6) is 5.75 Å². The average Bonchev–Trinajstić information content (AvgIpc) is 3.35. The number of carbonyl (C=O) groups excluding carboxylic acids is 1. The number of nitrogens with zero attached hydrogens (tertiary/aromatic N) is 7. The summed E-state index contributed by atoms with van der Waals surface area (Å²) >= 11 is 0. The van der Waals surface area contributed by atoms with Gasteiger partial charge in [0.05, 0.1) is 54.7 Å². The maximum atomic E-state index is 13.2. The van der Waals surface area contributed by atoms with Crippen molar-refractivity contribution in [2.75, 3.05) is 38.3 Å². The van der Waals surface area contributed by atoms with Crippen LogP contribution >= 0.6 is 0 Å². The smallest absolute Gasteiger partial charge is 0.419 e. The topological polar surface area (TPSA) is 129 Å². The van der Waals surface area contributed by atoms with Crippen molar-refractivity contribution in [1.82, 2.24) is 34.8 Å². The fourth-order valence-corrected chi connectivity index (χ4v) is 5.13. The average molecular weight is 615 g/mol. The lowest BCUT2D eigenvalue weighted by molar-refractivity contribution is -0.138. The molecule has 1 saturated heterocycles. The number of aryl methyl sites for hydroxylation is 1. The lowest BCUT2D eigenvalue weighted by Gasteiger charge is -2.32. The molecule has 1 aromatic carbocycles. The first-order valence-electron chi connectivity index (χ1n) is 14.1. The Morgan fingerprint density at radius 3 is 2.43 bits per heavy atom. The molecule has 0 aliphatic carbocycles. The number of ether oxygens (including phenoxy) is 2. The van der Waals surface area contributed by atoms with Gasteiger partial charge in [-0.1, -0.05) is 12.1 Å². The monoisotopic (exact) mass is 614 g/mol. The van der Waals surface area contributed by atoms with Crippen molar-refractivity contribution in [3.8, 4) is 5.75 Å². The van der Waals surface area contributed by atoms with Gasteiger partial charge in [0.1, 0.15) is 12.4 Å². The number of piperidine rings is 1. The highest BCUT2D eigenvalue weighted by atomic mass is 19.4. The summed E-state index contributed by atoms with van der Waals surface area (Å²) in [5, 5.41) is 12.3.